The average Bonchev–Trinajstić information content (AvgIpc) is 2.60. The molecule has 0 aliphatic heterocycles. The molecule has 126 valence electrons. The van der Waals surface area contributed by atoms with Crippen molar-refractivity contribution in [2.45, 2.75) is 19.8 Å². The first kappa shape index (κ1) is 18.0. The number of hydrogen-bond donors (Lipinski definition) is 0. The van der Waals surface area contributed by atoms with Gasteiger partial charge in [0.2, 0.25) is 0 Å². The van der Waals surface area contributed by atoms with Crippen molar-refractivity contribution in [3.05, 3.63) is 52.5 Å². The van der Waals surface area contributed by atoms with Crippen LogP contribution >= 0.6 is 11.6 Å². The van der Waals surface area contributed by atoms with Crippen LogP contribution in [0.1, 0.15) is 24.5 Å². The van der Waals surface area contributed by atoms with Crippen LogP contribution in [0.4, 0.5) is 0 Å². The molecule has 0 heterocycles. The Morgan fingerprint density at radius 2 is 1.79 bits per heavy atom. The third kappa shape index (κ3) is 4.81. The molecular weight excluding hydrogens is 326 g/mol. The molecule has 0 aliphatic rings. The third-order valence-corrected chi connectivity index (χ3v) is 3.70. The zero-order valence-electron chi connectivity index (χ0n) is 13.8. The zero-order chi connectivity index (χ0) is 17.4. The van der Waals surface area contributed by atoms with Gasteiger partial charge in [-0.15, -0.1) is 0 Å². The number of ether oxygens (including phenoxy) is 3. The smallest absolute Gasteiger partial charge is 0.179 e. The van der Waals surface area contributed by atoms with Crippen LogP contribution in [0.15, 0.2) is 36.4 Å². The number of nitriles is 1. The van der Waals surface area contributed by atoms with Gasteiger partial charge in [0.25, 0.3) is 0 Å². The van der Waals surface area contributed by atoms with Crippen LogP contribution in [-0.2, 0) is 6.42 Å². The molecule has 0 aromatic heterocycles. The summed E-state index contributed by atoms with van der Waals surface area (Å²) in [6.07, 6.45) is 2.20. The van der Waals surface area contributed by atoms with Gasteiger partial charge in [0.05, 0.1) is 23.8 Å². The predicted molar refractivity (Wildman–Crippen MR) is 94.1 cm³/mol. The highest BCUT2D eigenvalue weighted by atomic mass is 35.5. The average molecular weight is 346 g/mol. The molecule has 0 radical (unpaired) electrons. The number of hydrogen-bond acceptors (Lipinski definition) is 4. The molecule has 0 bridgehead atoms. The van der Waals surface area contributed by atoms with Crippen LogP contribution in [0.3, 0.4) is 0 Å². The van der Waals surface area contributed by atoms with Gasteiger partial charge in [-0.2, -0.15) is 5.26 Å². The van der Waals surface area contributed by atoms with Crippen molar-refractivity contribution in [1.29, 1.82) is 5.26 Å². The maximum atomic E-state index is 8.94. The van der Waals surface area contributed by atoms with E-state index in [0.29, 0.717) is 35.3 Å². The van der Waals surface area contributed by atoms with E-state index in [2.05, 4.69) is 19.1 Å². The second-order valence-corrected chi connectivity index (χ2v) is 5.60. The lowest BCUT2D eigenvalue weighted by Gasteiger charge is -2.13. The van der Waals surface area contributed by atoms with Crippen LogP contribution in [0, 0.1) is 11.3 Å². The van der Waals surface area contributed by atoms with E-state index in [1.54, 1.807) is 12.1 Å². The molecule has 0 unspecified atom stereocenters. The molecule has 24 heavy (non-hydrogen) atoms. The van der Waals surface area contributed by atoms with Crippen molar-refractivity contribution >= 4 is 11.6 Å². The fourth-order valence-corrected chi connectivity index (χ4v) is 2.53. The number of rotatable bonds is 8. The Kier molecular flexibility index (Phi) is 6.77. The van der Waals surface area contributed by atoms with Crippen molar-refractivity contribution in [3.63, 3.8) is 0 Å². The summed E-state index contributed by atoms with van der Waals surface area (Å²) < 4.78 is 16.5. The highest BCUT2D eigenvalue weighted by Gasteiger charge is 2.12. The Labute approximate surface area is 147 Å². The number of halogens is 1. The fraction of sp³-hybridized carbons (Fsp3) is 0.316. The first-order valence-corrected chi connectivity index (χ1v) is 8.18. The van der Waals surface area contributed by atoms with Gasteiger partial charge in [-0.3, -0.25) is 0 Å². The van der Waals surface area contributed by atoms with E-state index in [-0.39, 0.29) is 0 Å². The summed E-state index contributed by atoms with van der Waals surface area (Å²) in [5.74, 6) is 1.65. The maximum absolute atomic E-state index is 8.94. The van der Waals surface area contributed by atoms with Crippen molar-refractivity contribution in [2.24, 2.45) is 0 Å². The first-order valence-electron chi connectivity index (χ1n) is 7.80. The molecule has 2 aromatic rings. The first-order chi connectivity index (χ1) is 11.7. The standard InChI is InChI=1S/C19H20ClNO3/c1-3-4-14-5-7-16(8-6-14)23-9-10-24-19-17(20)11-15(13-21)12-18(19)22-2/h5-8,11-12H,3-4,9-10H2,1-2H3. The van der Waals surface area contributed by atoms with Crippen molar-refractivity contribution in [1.82, 2.24) is 0 Å². The van der Waals surface area contributed by atoms with Gasteiger partial charge in [-0.1, -0.05) is 37.1 Å². The quantitative estimate of drug-likeness (QED) is 0.654. The van der Waals surface area contributed by atoms with E-state index in [4.69, 9.17) is 31.1 Å². The van der Waals surface area contributed by atoms with Gasteiger partial charge in [0.15, 0.2) is 11.5 Å². The van der Waals surface area contributed by atoms with E-state index in [9.17, 15) is 0 Å². The van der Waals surface area contributed by atoms with Gasteiger partial charge in [-0.05, 0) is 30.2 Å². The Hall–Kier alpha value is -2.38. The van der Waals surface area contributed by atoms with E-state index in [1.807, 2.05) is 18.2 Å². The molecule has 0 N–H and O–H groups in total. The molecule has 0 fully saturated rings. The molecule has 0 saturated heterocycles. The highest BCUT2D eigenvalue weighted by molar-refractivity contribution is 6.32. The van der Waals surface area contributed by atoms with Crippen LogP contribution in [0.5, 0.6) is 17.2 Å². The molecule has 0 atom stereocenters. The van der Waals surface area contributed by atoms with E-state index < -0.39 is 0 Å². The van der Waals surface area contributed by atoms with Crippen LogP contribution < -0.4 is 14.2 Å². The minimum atomic E-state index is 0.318. The minimum absolute atomic E-state index is 0.318. The normalized spacial score (nSPS) is 10.1. The van der Waals surface area contributed by atoms with Gasteiger partial charge in [0, 0.05) is 6.07 Å². The lowest BCUT2D eigenvalue weighted by molar-refractivity contribution is 0.211. The molecule has 0 saturated carbocycles. The van der Waals surface area contributed by atoms with E-state index in [0.717, 1.165) is 18.6 Å². The van der Waals surface area contributed by atoms with Gasteiger partial charge < -0.3 is 14.2 Å². The molecule has 0 amide bonds. The molecular formula is C19H20ClNO3. The maximum Gasteiger partial charge on any atom is 0.179 e. The largest absolute Gasteiger partial charge is 0.493 e. The van der Waals surface area contributed by atoms with Gasteiger partial charge in [0.1, 0.15) is 19.0 Å². The SMILES string of the molecule is CCCc1ccc(OCCOc2c(Cl)cc(C#N)cc2OC)cc1. The van der Waals surface area contributed by atoms with Crippen molar-refractivity contribution in [3.8, 4) is 23.3 Å². The Balaban J connectivity index is 1.89. The molecule has 2 aromatic carbocycles. The van der Waals surface area contributed by atoms with Crippen LogP contribution in [0.25, 0.3) is 0 Å². The van der Waals surface area contributed by atoms with Crippen molar-refractivity contribution < 1.29 is 14.2 Å². The topological polar surface area (TPSA) is 51.5 Å². The lowest BCUT2D eigenvalue weighted by Crippen LogP contribution is -2.10. The summed E-state index contributed by atoms with van der Waals surface area (Å²) in [7, 11) is 1.51. The summed E-state index contributed by atoms with van der Waals surface area (Å²) in [6.45, 7) is 2.86. The molecule has 0 aliphatic carbocycles. The highest BCUT2D eigenvalue weighted by Crippen LogP contribution is 2.36. The van der Waals surface area contributed by atoms with Gasteiger partial charge in [-0.25, -0.2) is 0 Å². The Morgan fingerprint density at radius 1 is 1.08 bits per heavy atom. The fourth-order valence-electron chi connectivity index (χ4n) is 2.27. The second kappa shape index (κ2) is 9.05. The molecule has 5 heteroatoms. The van der Waals surface area contributed by atoms with Crippen molar-refractivity contribution in [2.75, 3.05) is 20.3 Å². The number of methoxy groups -OCH3 is 1. The summed E-state index contributed by atoms with van der Waals surface area (Å²) in [4.78, 5) is 0. The molecule has 4 nitrogen and oxygen atoms in total. The number of benzene rings is 2. The summed E-state index contributed by atoms with van der Waals surface area (Å²) in [5, 5.41) is 9.28. The van der Waals surface area contributed by atoms with E-state index in [1.165, 1.54) is 12.7 Å². The lowest BCUT2D eigenvalue weighted by atomic mass is 10.1. The number of aryl methyl sites for hydroxylation is 1. The van der Waals surface area contributed by atoms with Crippen LogP contribution in [-0.4, -0.2) is 20.3 Å². The minimum Gasteiger partial charge on any atom is -0.493 e. The Bertz CT molecular complexity index is 708. The monoisotopic (exact) mass is 345 g/mol. The van der Waals surface area contributed by atoms with E-state index >= 15 is 0 Å². The third-order valence-electron chi connectivity index (χ3n) is 3.42. The summed E-state index contributed by atoms with van der Waals surface area (Å²) in [5.41, 5.74) is 1.72. The molecule has 0 spiro atoms. The summed E-state index contributed by atoms with van der Waals surface area (Å²) >= 11 is 6.14. The predicted octanol–water partition coefficient (Wildman–Crippen LogP) is 4.63. The van der Waals surface area contributed by atoms with Crippen LogP contribution in [0.2, 0.25) is 5.02 Å². The number of nitrogens with zero attached hydrogens (tertiary/aromatic N) is 1. The van der Waals surface area contributed by atoms with Gasteiger partial charge >= 0.3 is 0 Å². The Morgan fingerprint density at radius 3 is 2.42 bits per heavy atom. The molecule has 2 rings (SSSR count). The second-order valence-electron chi connectivity index (χ2n) is 5.19. The summed E-state index contributed by atoms with van der Waals surface area (Å²) in [6, 6.07) is 13.2. The zero-order valence-corrected chi connectivity index (χ0v) is 14.6.